The van der Waals surface area contributed by atoms with Gasteiger partial charge in [0, 0.05) is 37.1 Å². The molecule has 0 unspecified atom stereocenters. The largest absolute Gasteiger partial charge is 0.481 e. The van der Waals surface area contributed by atoms with Crippen molar-refractivity contribution in [2.75, 3.05) is 18.5 Å². The van der Waals surface area contributed by atoms with Gasteiger partial charge in [-0.05, 0) is 82.2 Å². The van der Waals surface area contributed by atoms with Crippen LogP contribution in [0, 0.1) is 6.92 Å². The normalized spacial score (nSPS) is 17.0. The molecular formula is C28H34N4O4. The number of hydrogen-bond donors (Lipinski definition) is 2. The van der Waals surface area contributed by atoms with E-state index in [0.29, 0.717) is 23.5 Å². The van der Waals surface area contributed by atoms with Crippen LogP contribution in [0.25, 0.3) is 0 Å². The number of nitrogens with zero attached hydrogens (tertiary/aromatic N) is 3. The maximum Gasteiger partial charge on any atom is 0.313 e. The van der Waals surface area contributed by atoms with E-state index in [4.69, 9.17) is 14.6 Å². The average molecular weight is 491 g/mol. The van der Waals surface area contributed by atoms with E-state index in [1.807, 2.05) is 43.5 Å². The summed E-state index contributed by atoms with van der Waals surface area (Å²) in [6.07, 6.45) is 9.22. The lowest BCUT2D eigenvalue weighted by molar-refractivity contribution is -0.142. The summed E-state index contributed by atoms with van der Waals surface area (Å²) in [6.45, 7) is 6.86. The van der Waals surface area contributed by atoms with Crippen LogP contribution < -0.4 is 10.1 Å². The van der Waals surface area contributed by atoms with Crippen LogP contribution in [0.2, 0.25) is 0 Å². The summed E-state index contributed by atoms with van der Waals surface area (Å²) in [7, 11) is 0. The number of nitrogens with one attached hydrogen (secondary N) is 1. The van der Waals surface area contributed by atoms with Gasteiger partial charge in [-0.2, -0.15) is 5.10 Å². The Hall–Kier alpha value is -3.39. The zero-order chi connectivity index (χ0) is 25.3. The lowest BCUT2D eigenvalue weighted by Gasteiger charge is -2.25. The molecule has 1 aliphatic heterocycles. The van der Waals surface area contributed by atoms with E-state index >= 15 is 0 Å². The van der Waals surface area contributed by atoms with Crippen LogP contribution in [0.1, 0.15) is 74.7 Å². The zero-order valence-corrected chi connectivity index (χ0v) is 21.2. The average Bonchev–Trinajstić information content (AvgIpc) is 3.22. The summed E-state index contributed by atoms with van der Waals surface area (Å²) in [5, 5.41) is 17.9. The van der Waals surface area contributed by atoms with Crippen LogP contribution in [0.4, 0.5) is 11.5 Å². The molecular weight excluding hydrogens is 456 g/mol. The van der Waals surface area contributed by atoms with E-state index in [2.05, 4.69) is 15.0 Å². The minimum absolute atomic E-state index is 0.332. The quantitative estimate of drug-likeness (QED) is 0.393. The van der Waals surface area contributed by atoms with Gasteiger partial charge >= 0.3 is 5.97 Å². The molecule has 190 valence electrons. The highest BCUT2D eigenvalue weighted by Gasteiger charge is 2.31. The summed E-state index contributed by atoms with van der Waals surface area (Å²) >= 11 is 0. The molecule has 1 saturated heterocycles. The van der Waals surface area contributed by atoms with Crippen LogP contribution in [0.5, 0.6) is 11.5 Å². The number of aryl methyl sites for hydroxylation is 1. The number of aliphatic carboxylic acids is 1. The summed E-state index contributed by atoms with van der Waals surface area (Å²) in [5.41, 5.74) is 2.48. The minimum atomic E-state index is -0.999. The van der Waals surface area contributed by atoms with E-state index < -0.39 is 11.4 Å². The van der Waals surface area contributed by atoms with Crippen molar-refractivity contribution in [1.29, 1.82) is 0 Å². The SMILES string of the molecule is Cc1ccc(Nc2cc(Oc3cn(C4CCC4)nc3C3CCOCC3)ccn2)cc1C(C)(C)C(=O)O. The van der Waals surface area contributed by atoms with E-state index in [1.165, 1.54) is 6.42 Å². The van der Waals surface area contributed by atoms with E-state index in [-0.39, 0.29) is 0 Å². The predicted molar refractivity (Wildman–Crippen MR) is 137 cm³/mol. The number of benzene rings is 1. The summed E-state index contributed by atoms with van der Waals surface area (Å²) in [6, 6.07) is 9.89. The number of carboxylic acid groups (broad SMARTS) is 1. The van der Waals surface area contributed by atoms with Crippen LogP contribution >= 0.6 is 0 Å². The van der Waals surface area contributed by atoms with Gasteiger partial charge in [0.15, 0.2) is 5.75 Å². The fourth-order valence-corrected chi connectivity index (χ4v) is 4.87. The summed E-state index contributed by atoms with van der Waals surface area (Å²) < 4.78 is 14.0. The number of carbonyl (C=O) groups is 1. The first kappa shape index (κ1) is 24.3. The Kier molecular flexibility index (Phi) is 6.71. The summed E-state index contributed by atoms with van der Waals surface area (Å²) in [4.78, 5) is 16.3. The van der Waals surface area contributed by atoms with Crippen LogP contribution in [-0.2, 0) is 14.9 Å². The van der Waals surface area contributed by atoms with Crippen molar-refractivity contribution in [1.82, 2.24) is 14.8 Å². The van der Waals surface area contributed by atoms with E-state index in [1.54, 1.807) is 20.0 Å². The van der Waals surface area contributed by atoms with Crippen molar-refractivity contribution in [3.8, 4) is 11.5 Å². The van der Waals surface area contributed by atoms with Crippen molar-refractivity contribution in [2.45, 2.75) is 70.3 Å². The number of pyridine rings is 1. The standard InChI is InChI=1S/C28H34N4O4/c1-18-7-8-20(15-23(18)28(2,3)27(33)34)30-25-16-22(9-12-29-25)36-24-17-32(21-5-4-6-21)31-26(24)19-10-13-35-14-11-19/h7-9,12,15-17,19,21H,4-6,10-11,13-14H2,1-3H3,(H,29,30)(H,33,34). The first-order chi connectivity index (χ1) is 17.3. The van der Waals surface area contributed by atoms with Gasteiger partial charge in [-0.25, -0.2) is 4.98 Å². The maximum absolute atomic E-state index is 11.8. The Balaban J connectivity index is 1.38. The Bertz CT molecular complexity index is 1240. The Morgan fingerprint density at radius 1 is 1.17 bits per heavy atom. The molecule has 2 aliphatic rings. The van der Waals surface area contributed by atoms with Gasteiger partial charge in [0.25, 0.3) is 0 Å². The van der Waals surface area contributed by atoms with Gasteiger partial charge in [-0.1, -0.05) is 6.07 Å². The van der Waals surface area contributed by atoms with Crippen molar-refractivity contribution < 1.29 is 19.4 Å². The van der Waals surface area contributed by atoms with Gasteiger partial charge in [-0.15, -0.1) is 0 Å². The van der Waals surface area contributed by atoms with E-state index in [0.717, 1.165) is 67.2 Å². The summed E-state index contributed by atoms with van der Waals surface area (Å²) in [5.74, 6) is 1.56. The van der Waals surface area contributed by atoms with Crippen molar-refractivity contribution in [2.24, 2.45) is 0 Å². The second-order valence-electron chi connectivity index (χ2n) is 10.4. The fourth-order valence-electron chi connectivity index (χ4n) is 4.87. The molecule has 2 N–H and O–H groups in total. The number of hydrogen-bond acceptors (Lipinski definition) is 6. The molecule has 1 saturated carbocycles. The Morgan fingerprint density at radius 3 is 2.64 bits per heavy atom. The second kappa shape index (κ2) is 9.93. The second-order valence-corrected chi connectivity index (χ2v) is 10.4. The molecule has 8 nitrogen and oxygen atoms in total. The molecule has 5 rings (SSSR count). The van der Waals surface area contributed by atoms with Crippen molar-refractivity contribution in [3.05, 3.63) is 59.5 Å². The van der Waals surface area contributed by atoms with Crippen molar-refractivity contribution in [3.63, 3.8) is 0 Å². The highest BCUT2D eigenvalue weighted by Crippen LogP contribution is 2.39. The molecule has 0 spiro atoms. The fraction of sp³-hybridized carbons (Fsp3) is 0.464. The van der Waals surface area contributed by atoms with Gasteiger partial charge in [0.2, 0.25) is 0 Å². The molecule has 2 aromatic heterocycles. The van der Waals surface area contributed by atoms with Gasteiger partial charge < -0.3 is 19.9 Å². The Labute approximate surface area is 211 Å². The van der Waals surface area contributed by atoms with E-state index in [9.17, 15) is 9.90 Å². The molecule has 1 aliphatic carbocycles. The molecule has 36 heavy (non-hydrogen) atoms. The molecule has 0 radical (unpaired) electrons. The predicted octanol–water partition coefficient (Wildman–Crippen LogP) is 6.10. The topological polar surface area (TPSA) is 98.5 Å². The number of ether oxygens (including phenoxy) is 2. The monoisotopic (exact) mass is 490 g/mol. The highest BCUT2D eigenvalue weighted by molar-refractivity contribution is 5.81. The van der Waals surface area contributed by atoms with Gasteiger partial charge in [0.05, 0.1) is 17.7 Å². The van der Waals surface area contributed by atoms with Crippen LogP contribution in [0.15, 0.2) is 42.7 Å². The maximum atomic E-state index is 11.8. The third-order valence-corrected chi connectivity index (χ3v) is 7.46. The smallest absolute Gasteiger partial charge is 0.313 e. The van der Waals surface area contributed by atoms with Gasteiger partial charge in [-0.3, -0.25) is 9.48 Å². The lowest BCUT2D eigenvalue weighted by Crippen LogP contribution is -2.29. The van der Waals surface area contributed by atoms with Crippen molar-refractivity contribution >= 4 is 17.5 Å². The number of rotatable bonds is 8. The third kappa shape index (κ3) is 4.95. The molecule has 8 heteroatoms. The minimum Gasteiger partial charge on any atom is -0.481 e. The number of anilines is 2. The molecule has 1 aromatic carbocycles. The molecule has 3 heterocycles. The lowest BCUT2D eigenvalue weighted by atomic mass is 9.82. The first-order valence-corrected chi connectivity index (χ1v) is 12.7. The van der Waals surface area contributed by atoms with Gasteiger partial charge in [0.1, 0.15) is 17.3 Å². The number of aromatic nitrogens is 3. The molecule has 0 atom stereocenters. The third-order valence-electron chi connectivity index (χ3n) is 7.46. The zero-order valence-electron chi connectivity index (χ0n) is 21.2. The highest BCUT2D eigenvalue weighted by atomic mass is 16.5. The first-order valence-electron chi connectivity index (χ1n) is 12.7. The number of carboxylic acids is 1. The molecule has 0 bridgehead atoms. The molecule has 3 aromatic rings. The molecule has 0 amide bonds. The Morgan fingerprint density at radius 2 is 1.94 bits per heavy atom. The molecule has 2 fully saturated rings. The van der Waals surface area contributed by atoms with Crippen LogP contribution in [0.3, 0.4) is 0 Å². The van der Waals surface area contributed by atoms with Crippen LogP contribution in [-0.4, -0.2) is 39.1 Å².